The van der Waals surface area contributed by atoms with Crippen LogP contribution < -0.4 is 26.4 Å². The van der Waals surface area contributed by atoms with Crippen molar-refractivity contribution in [3.63, 3.8) is 0 Å². The zero-order valence-corrected chi connectivity index (χ0v) is 20.6. The van der Waals surface area contributed by atoms with Gasteiger partial charge >= 0.3 is 0 Å². The molecule has 2 rings (SSSR count). The number of rotatable bonds is 11. The second-order valence-electron chi connectivity index (χ2n) is 8.63. The van der Waals surface area contributed by atoms with E-state index in [1.165, 1.54) is 4.90 Å². The van der Waals surface area contributed by atoms with Crippen LogP contribution >= 0.6 is 11.5 Å². The summed E-state index contributed by atoms with van der Waals surface area (Å²) < 4.78 is 9.18. The first-order chi connectivity index (χ1) is 15.6. The van der Waals surface area contributed by atoms with Crippen LogP contribution in [0.5, 0.6) is 5.75 Å². The van der Waals surface area contributed by atoms with Gasteiger partial charge in [0.05, 0.1) is 12.8 Å². The smallest absolute Gasteiger partial charge is 0.272 e. The molecule has 0 radical (unpaired) electrons. The van der Waals surface area contributed by atoms with Crippen molar-refractivity contribution in [2.75, 3.05) is 24.3 Å². The number of hydrogen-bond donors (Lipinski definition) is 3. The van der Waals surface area contributed by atoms with Gasteiger partial charge in [-0.25, -0.2) is 0 Å². The number of benzene rings is 1. The second-order valence-corrected chi connectivity index (χ2v) is 9.40. The highest BCUT2D eigenvalue weighted by molar-refractivity contribution is 7.09. The summed E-state index contributed by atoms with van der Waals surface area (Å²) >= 11 is 0.790. The maximum atomic E-state index is 13.7. The van der Waals surface area contributed by atoms with Gasteiger partial charge in [0.15, 0.2) is 5.69 Å². The first-order valence-corrected chi connectivity index (χ1v) is 11.6. The number of amides is 3. The Morgan fingerprint density at radius 1 is 1.12 bits per heavy atom. The van der Waals surface area contributed by atoms with Crippen LogP contribution in [0.1, 0.15) is 60.7 Å². The van der Waals surface area contributed by atoms with Gasteiger partial charge in [0.2, 0.25) is 5.91 Å². The average Bonchev–Trinajstić information content (AvgIpc) is 3.14. The number of nitrogens with one attached hydrogen (secondary N) is 1. The summed E-state index contributed by atoms with van der Waals surface area (Å²) in [5.74, 6) is -0.430. The van der Waals surface area contributed by atoms with E-state index in [1.807, 2.05) is 13.8 Å². The maximum Gasteiger partial charge on any atom is 0.272 e. The van der Waals surface area contributed by atoms with Crippen molar-refractivity contribution in [2.24, 2.45) is 17.6 Å². The van der Waals surface area contributed by atoms with Crippen LogP contribution in [0.4, 0.5) is 11.4 Å². The van der Waals surface area contributed by atoms with E-state index in [0.29, 0.717) is 30.3 Å². The van der Waals surface area contributed by atoms with Crippen LogP contribution in [0, 0.1) is 11.8 Å². The van der Waals surface area contributed by atoms with E-state index in [-0.39, 0.29) is 28.1 Å². The lowest BCUT2D eigenvalue weighted by molar-refractivity contribution is -0.122. The first kappa shape index (κ1) is 26.1. The Labute approximate surface area is 198 Å². The molecule has 180 valence electrons. The summed E-state index contributed by atoms with van der Waals surface area (Å²) in [6, 6.07) is 6.04. The predicted molar refractivity (Wildman–Crippen MR) is 131 cm³/mol. The third-order valence-electron chi connectivity index (χ3n) is 5.05. The minimum atomic E-state index is -0.816. The fourth-order valence-corrected chi connectivity index (χ4v) is 4.04. The molecular formula is C23H33N5O4S. The normalized spacial score (nSPS) is 12.0. The summed E-state index contributed by atoms with van der Waals surface area (Å²) in [5, 5.41) is 2.96. The van der Waals surface area contributed by atoms with E-state index in [0.717, 1.165) is 18.0 Å². The Hall–Kier alpha value is -3.14. The summed E-state index contributed by atoms with van der Waals surface area (Å²) in [6.45, 7) is 8.63. The number of ether oxygens (including phenoxy) is 1. The van der Waals surface area contributed by atoms with Crippen molar-refractivity contribution in [1.29, 1.82) is 0 Å². The standard InChI is InChI=1S/C23H33N5O4S/c1-13(2)10-11-26-22(30)17(12-14(3)4)28(15-6-8-16(32-5)9-7-15)23(31)20-18(24)19(21(25)29)27-33-20/h6-9,13-14,17H,10-12,24H2,1-5H3,(H2,25,29)(H,26,30). The fourth-order valence-electron chi connectivity index (χ4n) is 3.30. The van der Waals surface area contributed by atoms with E-state index < -0.39 is 17.9 Å². The van der Waals surface area contributed by atoms with Gasteiger partial charge in [0.1, 0.15) is 16.7 Å². The van der Waals surface area contributed by atoms with E-state index in [1.54, 1.807) is 31.4 Å². The van der Waals surface area contributed by atoms with Gasteiger partial charge in [-0.2, -0.15) is 4.37 Å². The second kappa shape index (κ2) is 11.6. The first-order valence-electron chi connectivity index (χ1n) is 10.9. The Balaban J connectivity index is 2.53. The Morgan fingerprint density at radius 2 is 1.76 bits per heavy atom. The summed E-state index contributed by atoms with van der Waals surface area (Å²) in [6.07, 6.45) is 1.24. The molecule has 33 heavy (non-hydrogen) atoms. The minimum absolute atomic E-state index is 0.0587. The van der Waals surface area contributed by atoms with Crippen LogP contribution in [0.3, 0.4) is 0 Å². The molecule has 1 atom stereocenters. The number of carbonyl (C=O) groups is 3. The number of hydrogen-bond acceptors (Lipinski definition) is 7. The molecule has 0 aliphatic carbocycles. The van der Waals surface area contributed by atoms with Crippen molar-refractivity contribution in [3.05, 3.63) is 34.8 Å². The van der Waals surface area contributed by atoms with Crippen molar-refractivity contribution >= 4 is 40.6 Å². The molecule has 1 aromatic carbocycles. The lowest BCUT2D eigenvalue weighted by atomic mass is 10.00. The van der Waals surface area contributed by atoms with Gasteiger partial charge in [-0.15, -0.1) is 0 Å². The van der Waals surface area contributed by atoms with Gasteiger partial charge < -0.3 is 21.5 Å². The van der Waals surface area contributed by atoms with Gasteiger partial charge in [-0.1, -0.05) is 27.7 Å². The molecular weight excluding hydrogens is 442 g/mol. The Kier molecular flexibility index (Phi) is 9.22. The maximum absolute atomic E-state index is 13.7. The molecule has 0 fully saturated rings. The van der Waals surface area contributed by atoms with E-state index in [9.17, 15) is 14.4 Å². The van der Waals surface area contributed by atoms with E-state index in [2.05, 4.69) is 23.5 Å². The summed E-state index contributed by atoms with van der Waals surface area (Å²) in [5.41, 5.74) is 11.6. The van der Waals surface area contributed by atoms with Crippen LogP contribution in [0.15, 0.2) is 24.3 Å². The van der Waals surface area contributed by atoms with E-state index >= 15 is 0 Å². The number of carbonyl (C=O) groups excluding carboxylic acids is 3. The lowest BCUT2D eigenvalue weighted by Gasteiger charge is -2.32. The molecule has 0 bridgehead atoms. The monoisotopic (exact) mass is 475 g/mol. The molecule has 0 spiro atoms. The fraction of sp³-hybridized carbons (Fsp3) is 0.478. The van der Waals surface area contributed by atoms with Crippen molar-refractivity contribution in [1.82, 2.24) is 9.69 Å². The van der Waals surface area contributed by atoms with E-state index in [4.69, 9.17) is 16.2 Å². The van der Waals surface area contributed by atoms with Crippen LogP contribution in [0.2, 0.25) is 0 Å². The van der Waals surface area contributed by atoms with Gasteiger partial charge in [-0.05, 0) is 60.5 Å². The zero-order chi connectivity index (χ0) is 24.7. The topological polar surface area (TPSA) is 141 Å². The number of primary amides is 1. The van der Waals surface area contributed by atoms with Crippen molar-refractivity contribution < 1.29 is 19.1 Å². The minimum Gasteiger partial charge on any atom is -0.497 e. The molecule has 2 aromatic rings. The molecule has 5 N–H and O–H groups in total. The number of nitrogens with two attached hydrogens (primary N) is 2. The molecule has 0 saturated carbocycles. The number of methoxy groups -OCH3 is 1. The summed E-state index contributed by atoms with van der Waals surface area (Å²) in [4.78, 5) is 40.1. The molecule has 0 aliphatic rings. The zero-order valence-electron chi connectivity index (χ0n) is 19.8. The highest BCUT2D eigenvalue weighted by Gasteiger charge is 2.35. The highest BCUT2D eigenvalue weighted by atomic mass is 32.1. The van der Waals surface area contributed by atoms with Gasteiger partial charge in [0, 0.05) is 12.2 Å². The number of nitrogens with zero attached hydrogens (tertiary/aromatic N) is 2. The lowest BCUT2D eigenvalue weighted by Crippen LogP contribution is -2.51. The highest BCUT2D eigenvalue weighted by Crippen LogP contribution is 2.30. The largest absolute Gasteiger partial charge is 0.497 e. The molecule has 1 unspecified atom stereocenters. The molecule has 3 amide bonds. The number of aromatic nitrogens is 1. The Bertz CT molecular complexity index is 972. The number of anilines is 2. The molecule has 1 heterocycles. The third-order valence-corrected chi connectivity index (χ3v) is 5.91. The van der Waals surface area contributed by atoms with Crippen LogP contribution in [0.25, 0.3) is 0 Å². The molecule has 1 aromatic heterocycles. The summed E-state index contributed by atoms with van der Waals surface area (Å²) in [7, 11) is 1.55. The average molecular weight is 476 g/mol. The van der Waals surface area contributed by atoms with Gasteiger partial charge in [-0.3, -0.25) is 19.3 Å². The predicted octanol–water partition coefficient (Wildman–Crippen LogP) is 3.06. The molecule has 0 aliphatic heterocycles. The van der Waals surface area contributed by atoms with Crippen LogP contribution in [-0.4, -0.2) is 41.8 Å². The Morgan fingerprint density at radius 3 is 2.24 bits per heavy atom. The molecule has 10 heteroatoms. The van der Waals surface area contributed by atoms with Crippen LogP contribution in [-0.2, 0) is 4.79 Å². The quantitative estimate of drug-likeness (QED) is 0.456. The number of nitrogen functional groups attached to an aromatic ring is 1. The van der Waals surface area contributed by atoms with Crippen molar-refractivity contribution in [2.45, 2.75) is 46.6 Å². The molecule has 0 saturated heterocycles. The van der Waals surface area contributed by atoms with Gasteiger partial charge in [0.25, 0.3) is 11.8 Å². The molecule has 9 nitrogen and oxygen atoms in total. The SMILES string of the molecule is COc1ccc(N(C(=O)c2snc(C(N)=O)c2N)C(CC(C)C)C(=O)NCCC(C)C)cc1. The van der Waals surface area contributed by atoms with Crippen molar-refractivity contribution in [3.8, 4) is 5.75 Å². The third kappa shape index (κ3) is 6.67.